The minimum Gasteiger partial charge on any atom is -0.497 e. The number of non-ortho nitro benzene ring substituents is 1. The molecule has 3 rings (SSSR count). The van der Waals surface area contributed by atoms with Gasteiger partial charge in [-0.2, -0.15) is 0 Å². The van der Waals surface area contributed by atoms with Gasteiger partial charge in [0.05, 0.1) is 17.7 Å². The molecule has 0 saturated heterocycles. The van der Waals surface area contributed by atoms with Gasteiger partial charge in [-0.05, 0) is 24.3 Å². The van der Waals surface area contributed by atoms with E-state index in [2.05, 4.69) is 4.98 Å². The molecule has 24 heavy (non-hydrogen) atoms. The quantitative estimate of drug-likeness (QED) is 0.493. The van der Waals surface area contributed by atoms with Crippen LogP contribution in [0.5, 0.6) is 11.5 Å². The molecule has 0 N–H and O–H groups in total. The summed E-state index contributed by atoms with van der Waals surface area (Å²) >= 11 is 1.53. The van der Waals surface area contributed by atoms with Gasteiger partial charge in [-0.1, -0.05) is 12.1 Å². The van der Waals surface area contributed by atoms with E-state index in [9.17, 15) is 10.1 Å². The van der Waals surface area contributed by atoms with E-state index in [-0.39, 0.29) is 5.69 Å². The van der Waals surface area contributed by atoms with E-state index in [0.717, 1.165) is 22.0 Å². The van der Waals surface area contributed by atoms with Crippen LogP contribution < -0.4 is 9.47 Å². The number of nitro benzene ring substituents is 1. The van der Waals surface area contributed by atoms with Crippen LogP contribution in [0.15, 0.2) is 53.9 Å². The lowest BCUT2D eigenvalue weighted by Crippen LogP contribution is -1.96. The van der Waals surface area contributed by atoms with Gasteiger partial charge in [0.2, 0.25) is 0 Å². The summed E-state index contributed by atoms with van der Waals surface area (Å²) in [5.74, 6) is 1.35. The van der Waals surface area contributed by atoms with Gasteiger partial charge in [0.25, 0.3) is 5.69 Å². The van der Waals surface area contributed by atoms with Crippen LogP contribution in [-0.2, 0) is 6.61 Å². The number of nitro groups is 1. The minimum atomic E-state index is -0.440. The summed E-state index contributed by atoms with van der Waals surface area (Å²) in [6.45, 7) is 0.304. The van der Waals surface area contributed by atoms with Crippen LogP contribution in [0.25, 0.3) is 10.6 Å². The number of ether oxygens (including phenoxy) is 2. The number of hydrogen-bond donors (Lipinski definition) is 0. The van der Waals surface area contributed by atoms with Gasteiger partial charge in [-0.3, -0.25) is 10.1 Å². The Hall–Kier alpha value is -2.93. The van der Waals surface area contributed by atoms with Crippen molar-refractivity contribution in [2.75, 3.05) is 7.11 Å². The van der Waals surface area contributed by atoms with Crippen molar-refractivity contribution in [3.63, 3.8) is 0 Å². The molecule has 6 nitrogen and oxygen atoms in total. The molecule has 0 atom stereocenters. The number of hydrogen-bond acceptors (Lipinski definition) is 6. The van der Waals surface area contributed by atoms with Crippen LogP contribution in [0.3, 0.4) is 0 Å². The molecule has 0 aliphatic carbocycles. The summed E-state index contributed by atoms with van der Waals surface area (Å²) in [5.41, 5.74) is 1.83. The molecule has 1 heterocycles. The predicted octanol–water partition coefficient (Wildman–Crippen LogP) is 4.31. The average Bonchev–Trinajstić information content (AvgIpc) is 3.09. The van der Waals surface area contributed by atoms with E-state index in [4.69, 9.17) is 9.47 Å². The van der Waals surface area contributed by atoms with Crippen LogP contribution in [0.4, 0.5) is 5.69 Å². The second-order valence-electron chi connectivity index (χ2n) is 4.92. The van der Waals surface area contributed by atoms with Gasteiger partial charge in [0.15, 0.2) is 0 Å². The number of thiazole rings is 1. The third-order valence-electron chi connectivity index (χ3n) is 3.30. The van der Waals surface area contributed by atoms with Crippen LogP contribution in [-0.4, -0.2) is 17.0 Å². The summed E-state index contributed by atoms with van der Waals surface area (Å²) in [5, 5.41) is 13.4. The maximum Gasteiger partial charge on any atom is 0.269 e. The Labute approximate surface area is 142 Å². The summed E-state index contributed by atoms with van der Waals surface area (Å²) < 4.78 is 10.8. The Morgan fingerprint density at radius 1 is 1.17 bits per heavy atom. The zero-order valence-corrected chi connectivity index (χ0v) is 13.7. The third kappa shape index (κ3) is 3.69. The van der Waals surface area contributed by atoms with E-state index in [1.165, 1.54) is 23.5 Å². The first kappa shape index (κ1) is 15.9. The van der Waals surface area contributed by atoms with E-state index in [1.54, 1.807) is 19.2 Å². The molecule has 0 unspecified atom stereocenters. The van der Waals surface area contributed by atoms with Gasteiger partial charge < -0.3 is 9.47 Å². The highest BCUT2D eigenvalue weighted by atomic mass is 32.1. The first-order valence-electron chi connectivity index (χ1n) is 7.12. The van der Waals surface area contributed by atoms with Gasteiger partial charge in [0, 0.05) is 23.1 Å². The Morgan fingerprint density at radius 3 is 2.67 bits per heavy atom. The standard InChI is InChI=1S/C17H14N2O4S/c1-22-16-4-2-3-12(9-16)17-18-13(11-24-17)10-23-15-7-5-14(6-8-15)19(20)21/h2-9,11H,10H2,1H3. The fourth-order valence-corrected chi connectivity index (χ4v) is 2.88. The molecule has 0 spiro atoms. The van der Waals surface area contributed by atoms with Crippen LogP contribution in [0.1, 0.15) is 5.69 Å². The maximum atomic E-state index is 10.6. The lowest BCUT2D eigenvalue weighted by atomic mass is 10.2. The first-order chi connectivity index (χ1) is 11.7. The summed E-state index contributed by atoms with van der Waals surface area (Å²) in [6, 6.07) is 13.7. The highest BCUT2D eigenvalue weighted by molar-refractivity contribution is 7.13. The topological polar surface area (TPSA) is 74.5 Å². The predicted molar refractivity (Wildman–Crippen MR) is 91.5 cm³/mol. The molecule has 2 aromatic carbocycles. The second-order valence-corrected chi connectivity index (χ2v) is 5.77. The molecule has 0 aliphatic heterocycles. The molecular formula is C17H14N2O4S. The van der Waals surface area contributed by atoms with E-state index in [0.29, 0.717) is 12.4 Å². The fraction of sp³-hybridized carbons (Fsp3) is 0.118. The molecule has 0 aliphatic rings. The Bertz CT molecular complexity index is 846. The number of methoxy groups -OCH3 is 1. The zero-order valence-electron chi connectivity index (χ0n) is 12.8. The Morgan fingerprint density at radius 2 is 1.96 bits per heavy atom. The highest BCUT2D eigenvalue weighted by Gasteiger charge is 2.08. The van der Waals surface area contributed by atoms with Crippen LogP contribution in [0, 0.1) is 10.1 Å². The monoisotopic (exact) mass is 342 g/mol. The highest BCUT2D eigenvalue weighted by Crippen LogP contribution is 2.27. The van der Waals surface area contributed by atoms with Crippen molar-refractivity contribution in [2.24, 2.45) is 0 Å². The first-order valence-corrected chi connectivity index (χ1v) is 8.00. The molecule has 0 amide bonds. The number of nitrogens with zero attached hydrogens (tertiary/aromatic N) is 2. The molecule has 0 fully saturated rings. The van der Waals surface area contributed by atoms with Crippen molar-refractivity contribution < 1.29 is 14.4 Å². The molecule has 1 aromatic heterocycles. The van der Waals surface area contributed by atoms with Gasteiger partial charge in [-0.15, -0.1) is 11.3 Å². The Balaban J connectivity index is 1.66. The fourth-order valence-electron chi connectivity index (χ4n) is 2.08. The molecule has 3 aromatic rings. The van der Waals surface area contributed by atoms with Crippen molar-refractivity contribution in [3.8, 4) is 22.1 Å². The smallest absolute Gasteiger partial charge is 0.269 e. The molecule has 0 saturated carbocycles. The van der Waals surface area contributed by atoms with E-state index >= 15 is 0 Å². The molecule has 7 heteroatoms. The lowest BCUT2D eigenvalue weighted by molar-refractivity contribution is -0.384. The number of aromatic nitrogens is 1. The van der Waals surface area contributed by atoms with Crippen LogP contribution >= 0.6 is 11.3 Å². The maximum absolute atomic E-state index is 10.6. The van der Waals surface area contributed by atoms with Crippen molar-refractivity contribution in [3.05, 3.63) is 69.7 Å². The van der Waals surface area contributed by atoms with E-state index in [1.807, 2.05) is 29.6 Å². The minimum absolute atomic E-state index is 0.0383. The molecule has 122 valence electrons. The normalized spacial score (nSPS) is 10.4. The molecular weight excluding hydrogens is 328 g/mol. The van der Waals surface area contributed by atoms with Gasteiger partial charge in [0.1, 0.15) is 23.1 Å². The molecule has 0 radical (unpaired) electrons. The zero-order chi connectivity index (χ0) is 16.9. The number of rotatable bonds is 6. The van der Waals surface area contributed by atoms with Crippen molar-refractivity contribution in [2.45, 2.75) is 6.61 Å². The summed E-state index contributed by atoms with van der Waals surface area (Å²) in [7, 11) is 1.63. The SMILES string of the molecule is COc1cccc(-c2nc(COc3ccc([N+](=O)[O-])cc3)cs2)c1. The van der Waals surface area contributed by atoms with Gasteiger partial charge in [-0.25, -0.2) is 4.98 Å². The molecule has 0 bridgehead atoms. The second kappa shape index (κ2) is 7.10. The van der Waals surface area contributed by atoms with Gasteiger partial charge >= 0.3 is 0 Å². The van der Waals surface area contributed by atoms with Crippen molar-refractivity contribution in [1.82, 2.24) is 4.98 Å². The summed E-state index contributed by atoms with van der Waals surface area (Å²) in [6.07, 6.45) is 0. The number of benzene rings is 2. The Kier molecular flexibility index (Phi) is 4.72. The summed E-state index contributed by atoms with van der Waals surface area (Å²) in [4.78, 5) is 14.7. The lowest BCUT2D eigenvalue weighted by Gasteiger charge is -2.03. The largest absolute Gasteiger partial charge is 0.497 e. The van der Waals surface area contributed by atoms with Crippen molar-refractivity contribution in [1.29, 1.82) is 0 Å². The van der Waals surface area contributed by atoms with Crippen LogP contribution in [0.2, 0.25) is 0 Å². The van der Waals surface area contributed by atoms with E-state index < -0.39 is 4.92 Å². The average molecular weight is 342 g/mol. The van der Waals surface area contributed by atoms with Crippen molar-refractivity contribution >= 4 is 17.0 Å². The third-order valence-corrected chi connectivity index (χ3v) is 4.24.